The standard InChI is InChI=1S/C108H83BN4S/c1-106(2,3)75-50-53-82-97(64-75)114-105-104(82)113(103-86(68-34-19-12-20-35-68)62-77(108(7,8)9)63-87(103)69-36-21-13-22-37-69)96-59-74(72-49-55-93-88(56-72)80-42-25-27-44-91(80)110(93)78-40-23-14-24-41-78)58-95-100(96)109(105)90-54-51-79(111-92-45-28-26-43-81(92)89-57-73-47-46-70-38-29-39-71-48-52-83(101(89)111)99(73)98(70)71)65-94(90)112(95)102-84(66-30-15-10-16-31-66)60-76(107(4,5)6)61-85(102)67-32-17-11-18-33-67/h10-65H,1-9H3/i51D,54D,65D. The number of hydrogen-bond donors (Lipinski definition) is 0. The Morgan fingerprint density at radius 1 is 0.307 bits per heavy atom. The summed E-state index contributed by atoms with van der Waals surface area (Å²) in [6.07, 6.45) is 0. The minimum Gasteiger partial charge on any atom is -0.310 e. The van der Waals surface area contributed by atoms with E-state index in [0.717, 1.165) is 186 Å². The first-order valence-corrected chi connectivity index (χ1v) is 40.8. The maximum atomic E-state index is 12.2. The summed E-state index contributed by atoms with van der Waals surface area (Å²) >= 11 is 1.80. The first-order chi connectivity index (χ1) is 56.7. The molecule has 6 heteroatoms. The fourth-order valence-electron chi connectivity index (χ4n) is 18.9. The van der Waals surface area contributed by atoms with E-state index >= 15 is 0 Å². The van der Waals surface area contributed by atoms with Crippen molar-refractivity contribution in [1.29, 1.82) is 0 Å². The van der Waals surface area contributed by atoms with E-state index in [0.29, 0.717) is 16.8 Å². The smallest absolute Gasteiger partial charge is 0.264 e. The molecular formula is C108H83BN4S. The van der Waals surface area contributed by atoms with Crippen molar-refractivity contribution >= 4 is 154 Å². The SMILES string of the molecule is [2H]c1c([2H])c(-n2c3ccccc3c3cc4ccc5cccc6ccc(c4c56)c32)c([2H])c2c1B1c3sc4cc(C(C)(C)C)ccc4c3N(c3c(-c4ccccc4)cc(C(C)(C)C)cc3-c3ccccc3)c3cc(-c4ccc5c(c4)c4ccccc4n5-c4ccccc4)cc(c31)N2c1c(-c2ccccc2)cc(C(C)(C)C)cc1-c1ccccc1. The molecule has 22 rings (SSSR count). The van der Waals surface area contributed by atoms with Gasteiger partial charge in [0.15, 0.2) is 0 Å². The summed E-state index contributed by atoms with van der Waals surface area (Å²) in [6, 6.07) is 119. The molecule has 2 aliphatic heterocycles. The van der Waals surface area contributed by atoms with Gasteiger partial charge in [0, 0.05) is 92.5 Å². The van der Waals surface area contributed by atoms with Gasteiger partial charge in [-0.15, -0.1) is 11.3 Å². The van der Waals surface area contributed by atoms with Crippen LogP contribution in [0.5, 0.6) is 0 Å². The van der Waals surface area contributed by atoms with Crippen LogP contribution in [0.3, 0.4) is 0 Å². The van der Waals surface area contributed by atoms with Gasteiger partial charge >= 0.3 is 0 Å². The molecule has 0 unspecified atom stereocenters. The largest absolute Gasteiger partial charge is 0.310 e. The lowest BCUT2D eigenvalue weighted by molar-refractivity contribution is 0.590. The number of thiophene rings is 1. The maximum Gasteiger partial charge on any atom is 0.264 e. The Kier molecular flexibility index (Phi) is 14.3. The normalized spacial score (nSPS) is 13.4. The lowest BCUT2D eigenvalue weighted by Crippen LogP contribution is -2.60. The van der Waals surface area contributed by atoms with Crippen molar-refractivity contribution in [1.82, 2.24) is 9.13 Å². The number of para-hydroxylation sites is 3. The topological polar surface area (TPSA) is 16.3 Å². The minimum absolute atomic E-state index is 0.0121. The molecule has 0 radical (unpaired) electrons. The summed E-state index contributed by atoms with van der Waals surface area (Å²) in [7, 11) is 0. The average Bonchev–Trinajstić information content (AvgIpc) is 1.29. The fraction of sp³-hybridized carbons (Fsp3) is 0.111. The average molecular weight is 1480 g/mol. The first kappa shape index (κ1) is 64.6. The van der Waals surface area contributed by atoms with Gasteiger partial charge in [-0.1, -0.05) is 305 Å². The number of rotatable bonds is 9. The number of fused-ring (bicyclic) bond motifs is 13. The van der Waals surface area contributed by atoms with E-state index in [4.69, 9.17) is 0 Å². The number of anilines is 6. The molecule has 0 spiro atoms. The van der Waals surface area contributed by atoms with Gasteiger partial charge in [-0.25, -0.2) is 0 Å². The molecule has 4 nitrogen and oxygen atoms in total. The highest BCUT2D eigenvalue weighted by molar-refractivity contribution is 7.33. The number of benzene rings is 17. The first-order valence-electron chi connectivity index (χ1n) is 41.5. The second kappa shape index (κ2) is 25.3. The molecule has 0 aliphatic carbocycles. The number of aromatic nitrogens is 2. The molecule has 544 valence electrons. The Bertz CT molecular complexity index is 7390. The van der Waals surface area contributed by atoms with Crippen LogP contribution in [0.1, 0.15) is 83.1 Å². The van der Waals surface area contributed by atoms with E-state index in [9.17, 15) is 4.11 Å². The van der Waals surface area contributed by atoms with Gasteiger partial charge in [0.25, 0.3) is 6.71 Å². The van der Waals surface area contributed by atoms with Crippen molar-refractivity contribution in [2.75, 3.05) is 9.80 Å². The van der Waals surface area contributed by atoms with Crippen molar-refractivity contribution < 1.29 is 4.11 Å². The highest BCUT2D eigenvalue weighted by Crippen LogP contribution is 2.58. The quantitative estimate of drug-likeness (QED) is 0.106. The lowest BCUT2D eigenvalue weighted by atomic mass is 9.36. The van der Waals surface area contributed by atoms with Crippen LogP contribution in [-0.4, -0.2) is 15.8 Å². The molecule has 0 bridgehead atoms. The third-order valence-corrected chi connectivity index (χ3v) is 25.7. The van der Waals surface area contributed by atoms with Crippen molar-refractivity contribution in [3.05, 3.63) is 356 Å². The van der Waals surface area contributed by atoms with E-state index in [-0.39, 0.29) is 34.4 Å². The second-order valence-corrected chi connectivity index (χ2v) is 35.6. The van der Waals surface area contributed by atoms with Gasteiger partial charge in [-0.05, 0) is 201 Å². The summed E-state index contributed by atoms with van der Waals surface area (Å²) in [5.41, 5.74) is 25.4. The van der Waals surface area contributed by atoms with E-state index in [1.165, 1.54) is 16.5 Å². The zero-order valence-corrected chi connectivity index (χ0v) is 66.2. The van der Waals surface area contributed by atoms with Crippen LogP contribution in [0.4, 0.5) is 34.1 Å². The summed E-state index contributed by atoms with van der Waals surface area (Å²) in [5, 5.41) is 12.2. The monoisotopic (exact) mass is 1480 g/mol. The Balaban J connectivity index is 0.967. The zero-order valence-electron chi connectivity index (χ0n) is 68.4. The molecule has 0 amide bonds. The summed E-state index contributed by atoms with van der Waals surface area (Å²) in [5.74, 6) is 0. The lowest BCUT2D eigenvalue weighted by Gasteiger charge is -2.45. The molecule has 3 aromatic heterocycles. The summed E-state index contributed by atoms with van der Waals surface area (Å²) < 4.78 is 42.2. The Morgan fingerprint density at radius 2 is 0.789 bits per heavy atom. The Hall–Kier alpha value is -13.0. The van der Waals surface area contributed by atoms with Crippen molar-refractivity contribution in [3.8, 4) is 67.0 Å². The molecular weight excluding hydrogens is 1400 g/mol. The van der Waals surface area contributed by atoms with E-state index in [2.05, 4.69) is 403 Å². The molecule has 2 aliphatic rings. The van der Waals surface area contributed by atoms with E-state index in [1.807, 2.05) is 0 Å². The van der Waals surface area contributed by atoms with Gasteiger partial charge in [0.1, 0.15) is 0 Å². The number of hydrogen-bond acceptors (Lipinski definition) is 3. The van der Waals surface area contributed by atoms with Crippen molar-refractivity contribution in [3.63, 3.8) is 0 Å². The predicted octanol–water partition coefficient (Wildman–Crippen LogP) is 28.3. The molecule has 0 saturated heterocycles. The van der Waals surface area contributed by atoms with Crippen LogP contribution in [0, 0.1) is 0 Å². The Morgan fingerprint density at radius 3 is 1.36 bits per heavy atom. The van der Waals surface area contributed by atoms with E-state index < -0.39 is 6.71 Å². The van der Waals surface area contributed by atoms with Crippen LogP contribution in [0.2, 0.25) is 0 Å². The van der Waals surface area contributed by atoms with Gasteiger partial charge in [-0.2, -0.15) is 0 Å². The molecule has 0 atom stereocenters. The third kappa shape index (κ3) is 10.4. The van der Waals surface area contributed by atoms with Crippen LogP contribution in [0.15, 0.2) is 340 Å². The second-order valence-electron chi connectivity index (χ2n) is 34.5. The maximum absolute atomic E-state index is 12.2. The molecule has 114 heavy (non-hydrogen) atoms. The highest BCUT2D eigenvalue weighted by atomic mass is 32.1. The third-order valence-electron chi connectivity index (χ3n) is 24.5. The van der Waals surface area contributed by atoms with Crippen LogP contribution < -0.4 is 25.5 Å². The molecule has 20 aromatic rings. The fourth-order valence-corrected chi connectivity index (χ4v) is 20.3. The summed E-state index contributed by atoms with van der Waals surface area (Å²) in [6.45, 7) is 20.1. The van der Waals surface area contributed by atoms with Crippen LogP contribution in [-0.2, 0) is 16.2 Å². The zero-order chi connectivity index (χ0) is 79.4. The van der Waals surface area contributed by atoms with Crippen LogP contribution in [0.25, 0.3) is 153 Å². The molecule has 17 aromatic carbocycles. The van der Waals surface area contributed by atoms with Gasteiger partial charge < -0.3 is 18.9 Å². The molecule has 0 N–H and O–H groups in total. The molecule has 0 saturated carbocycles. The van der Waals surface area contributed by atoms with Crippen molar-refractivity contribution in [2.24, 2.45) is 0 Å². The van der Waals surface area contributed by atoms with Crippen molar-refractivity contribution in [2.45, 2.75) is 78.6 Å². The van der Waals surface area contributed by atoms with Gasteiger partial charge in [0.05, 0.1) is 43.2 Å². The molecule has 0 fully saturated rings. The Labute approximate surface area is 674 Å². The van der Waals surface area contributed by atoms with Gasteiger partial charge in [-0.3, -0.25) is 0 Å². The number of nitrogens with zero attached hydrogens (tertiary/aromatic N) is 4. The van der Waals surface area contributed by atoms with Crippen LogP contribution >= 0.6 is 11.3 Å². The highest BCUT2D eigenvalue weighted by Gasteiger charge is 2.48. The minimum atomic E-state index is -0.697. The van der Waals surface area contributed by atoms with Gasteiger partial charge in [0.2, 0.25) is 0 Å². The van der Waals surface area contributed by atoms with E-state index in [1.54, 1.807) is 11.3 Å². The predicted molar refractivity (Wildman–Crippen MR) is 492 cm³/mol. The summed E-state index contributed by atoms with van der Waals surface area (Å²) in [4.78, 5) is 5.11. The molecule has 5 heterocycles.